The van der Waals surface area contributed by atoms with Crippen LogP contribution in [0.2, 0.25) is 0 Å². The molecule has 1 amide bonds. The third-order valence-electron chi connectivity index (χ3n) is 4.30. The molecule has 0 bridgehead atoms. The van der Waals surface area contributed by atoms with E-state index in [0.717, 1.165) is 29.4 Å². The van der Waals surface area contributed by atoms with Crippen molar-refractivity contribution in [1.29, 1.82) is 0 Å². The van der Waals surface area contributed by atoms with Crippen molar-refractivity contribution in [2.24, 2.45) is 7.05 Å². The fourth-order valence-corrected chi connectivity index (χ4v) is 4.05. The smallest absolute Gasteiger partial charge is 0.274 e. The summed E-state index contributed by atoms with van der Waals surface area (Å²) in [6.45, 7) is 1.45. The fraction of sp³-hybridized carbons (Fsp3) is 0.400. The number of thiazole rings is 1. The van der Waals surface area contributed by atoms with Crippen molar-refractivity contribution in [2.45, 2.75) is 12.3 Å². The molecule has 1 fully saturated rings. The van der Waals surface area contributed by atoms with Crippen LogP contribution in [0.5, 0.6) is 0 Å². The highest BCUT2D eigenvalue weighted by Gasteiger charge is 2.32. The number of aryl methyl sites for hydroxylation is 1. The minimum atomic E-state index is 0.00331. The van der Waals surface area contributed by atoms with Gasteiger partial charge in [-0.05, 0) is 12.5 Å². The molecule has 0 aromatic carbocycles. The lowest BCUT2D eigenvalue weighted by molar-refractivity contribution is 0.0784. The molecule has 1 N–H and O–H groups in total. The molecule has 4 rings (SSSR count). The predicted octanol–water partition coefficient (Wildman–Crippen LogP) is 1.80. The third-order valence-corrected chi connectivity index (χ3v) is 5.19. The van der Waals surface area contributed by atoms with Crippen molar-refractivity contribution in [1.82, 2.24) is 24.1 Å². The average molecular weight is 330 g/mol. The molecular formula is C15H18N6OS. The van der Waals surface area contributed by atoms with Gasteiger partial charge < -0.3 is 10.2 Å². The van der Waals surface area contributed by atoms with Gasteiger partial charge in [-0.3, -0.25) is 13.9 Å². The number of likely N-dealkylation sites (tertiary alicyclic amines) is 1. The number of carbonyl (C=O) groups excluding carboxylic acids is 1. The van der Waals surface area contributed by atoms with Crippen LogP contribution in [0.3, 0.4) is 0 Å². The van der Waals surface area contributed by atoms with E-state index >= 15 is 0 Å². The molecular weight excluding hydrogens is 312 g/mol. The van der Waals surface area contributed by atoms with Gasteiger partial charge in [0.1, 0.15) is 10.5 Å². The largest absolute Gasteiger partial charge is 0.358 e. The van der Waals surface area contributed by atoms with E-state index in [2.05, 4.69) is 20.2 Å². The lowest BCUT2D eigenvalue weighted by Crippen LogP contribution is -2.29. The van der Waals surface area contributed by atoms with E-state index in [0.29, 0.717) is 12.2 Å². The van der Waals surface area contributed by atoms with Crippen LogP contribution in [0.4, 0.5) is 5.95 Å². The van der Waals surface area contributed by atoms with Crippen molar-refractivity contribution in [3.05, 3.63) is 35.2 Å². The van der Waals surface area contributed by atoms with Crippen molar-refractivity contribution >= 4 is 28.0 Å². The summed E-state index contributed by atoms with van der Waals surface area (Å²) < 4.78 is 3.73. The first kappa shape index (κ1) is 14.3. The molecule has 0 spiro atoms. The quantitative estimate of drug-likeness (QED) is 0.795. The monoisotopic (exact) mass is 330 g/mol. The maximum absolute atomic E-state index is 12.5. The highest BCUT2D eigenvalue weighted by atomic mass is 32.1. The number of aromatic nitrogens is 4. The summed E-state index contributed by atoms with van der Waals surface area (Å²) in [5.41, 5.74) is 1.59. The molecule has 1 aliphatic heterocycles. The summed E-state index contributed by atoms with van der Waals surface area (Å²) in [5, 5.41) is 9.40. The summed E-state index contributed by atoms with van der Waals surface area (Å²) in [6, 6.07) is 1.77. The van der Waals surface area contributed by atoms with E-state index in [9.17, 15) is 4.79 Å². The standard InChI is InChI=1S/C15H18N6OS/c1-16-15-17-12(14-21(15)7-8-23-14)10-3-6-20(9-10)13(22)11-4-5-19(2)18-11/h4-5,7-8,10H,3,6,9H2,1-2H3,(H,16,17)/t10-/m1/s1. The molecule has 0 saturated carbocycles. The Morgan fingerprint density at radius 2 is 2.30 bits per heavy atom. The van der Waals surface area contributed by atoms with E-state index in [-0.39, 0.29) is 11.8 Å². The molecule has 0 radical (unpaired) electrons. The van der Waals surface area contributed by atoms with Crippen LogP contribution in [0, 0.1) is 0 Å². The molecule has 3 aromatic rings. The Labute approximate surface area is 137 Å². The van der Waals surface area contributed by atoms with E-state index in [1.165, 1.54) is 0 Å². The number of anilines is 1. The SMILES string of the molecule is CNc1nc([C@@H]2CCN(C(=O)c3ccn(C)n3)C2)c2sccn12. The van der Waals surface area contributed by atoms with Crippen molar-refractivity contribution in [2.75, 3.05) is 25.5 Å². The molecule has 0 unspecified atom stereocenters. The molecule has 3 aromatic heterocycles. The summed E-state index contributed by atoms with van der Waals surface area (Å²) in [5.74, 6) is 1.13. The molecule has 1 atom stereocenters. The van der Waals surface area contributed by atoms with Crippen LogP contribution in [-0.2, 0) is 7.05 Å². The fourth-order valence-electron chi connectivity index (χ4n) is 3.15. The Hall–Kier alpha value is -2.35. The lowest BCUT2D eigenvalue weighted by atomic mass is 10.1. The maximum atomic E-state index is 12.5. The Morgan fingerprint density at radius 3 is 3.04 bits per heavy atom. The highest BCUT2D eigenvalue weighted by molar-refractivity contribution is 7.15. The molecule has 0 aliphatic carbocycles. The van der Waals surface area contributed by atoms with Crippen molar-refractivity contribution < 1.29 is 4.79 Å². The summed E-state index contributed by atoms with van der Waals surface area (Å²) >= 11 is 1.69. The number of imidazole rings is 1. The first-order valence-corrected chi connectivity index (χ1v) is 8.47. The molecule has 1 aliphatic rings. The zero-order valence-corrected chi connectivity index (χ0v) is 13.9. The van der Waals surface area contributed by atoms with Gasteiger partial charge in [0.2, 0.25) is 5.95 Å². The predicted molar refractivity (Wildman–Crippen MR) is 89.1 cm³/mol. The Bertz CT molecular complexity index is 862. The van der Waals surface area contributed by atoms with Crippen molar-refractivity contribution in [3.63, 3.8) is 0 Å². The Kier molecular flexibility index (Phi) is 3.33. The second-order valence-corrected chi connectivity index (χ2v) is 6.65. The van der Waals surface area contributed by atoms with Crippen LogP contribution >= 0.6 is 11.3 Å². The van der Waals surface area contributed by atoms with Crippen molar-refractivity contribution in [3.8, 4) is 0 Å². The van der Waals surface area contributed by atoms with Crippen LogP contribution in [0.15, 0.2) is 23.8 Å². The van der Waals surface area contributed by atoms with Gasteiger partial charge in [0.05, 0.1) is 5.69 Å². The third kappa shape index (κ3) is 2.29. The normalized spacial score (nSPS) is 18.0. The minimum Gasteiger partial charge on any atom is -0.358 e. The maximum Gasteiger partial charge on any atom is 0.274 e. The lowest BCUT2D eigenvalue weighted by Gasteiger charge is -2.14. The Balaban J connectivity index is 1.58. The number of amides is 1. The summed E-state index contributed by atoms with van der Waals surface area (Å²) in [6.07, 6.45) is 4.75. The first-order chi connectivity index (χ1) is 11.2. The highest BCUT2D eigenvalue weighted by Crippen LogP contribution is 2.33. The van der Waals surface area contributed by atoms with Gasteiger partial charge in [0, 0.05) is 50.9 Å². The number of nitrogens with one attached hydrogen (secondary N) is 1. The van der Waals surface area contributed by atoms with Gasteiger partial charge >= 0.3 is 0 Å². The number of hydrogen-bond donors (Lipinski definition) is 1. The number of hydrogen-bond acceptors (Lipinski definition) is 5. The molecule has 23 heavy (non-hydrogen) atoms. The zero-order chi connectivity index (χ0) is 16.0. The first-order valence-electron chi connectivity index (χ1n) is 7.59. The van der Waals surface area contributed by atoms with Gasteiger partial charge in [-0.15, -0.1) is 11.3 Å². The minimum absolute atomic E-state index is 0.00331. The van der Waals surface area contributed by atoms with E-state index in [1.807, 2.05) is 25.2 Å². The summed E-state index contributed by atoms with van der Waals surface area (Å²) in [4.78, 5) is 20.3. The topological polar surface area (TPSA) is 67.5 Å². The average Bonchev–Trinajstić information content (AvgIpc) is 3.30. The molecule has 7 nitrogen and oxygen atoms in total. The Morgan fingerprint density at radius 1 is 1.43 bits per heavy atom. The molecule has 1 saturated heterocycles. The van der Waals surface area contributed by atoms with Gasteiger partial charge in [-0.2, -0.15) is 5.10 Å². The zero-order valence-electron chi connectivity index (χ0n) is 13.1. The molecule has 8 heteroatoms. The van der Waals surface area contributed by atoms with E-state index < -0.39 is 0 Å². The second-order valence-electron chi connectivity index (χ2n) is 5.76. The van der Waals surface area contributed by atoms with Crippen LogP contribution in [0.25, 0.3) is 4.83 Å². The van der Waals surface area contributed by atoms with Crippen LogP contribution in [0.1, 0.15) is 28.5 Å². The van der Waals surface area contributed by atoms with Gasteiger partial charge in [-0.25, -0.2) is 4.98 Å². The molecule has 4 heterocycles. The number of nitrogens with zero attached hydrogens (tertiary/aromatic N) is 5. The van der Waals surface area contributed by atoms with Gasteiger partial charge in [-0.1, -0.05) is 0 Å². The summed E-state index contributed by atoms with van der Waals surface area (Å²) in [7, 11) is 3.70. The molecule has 120 valence electrons. The van der Waals surface area contributed by atoms with E-state index in [4.69, 9.17) is 4.98 Å². The van der Waals surface area contributed by atoms with E-state index in [1.54, 1.807) is 28.3 Å². The number of fused-ring (bicyclic) bond motifs is 1. The number of carbonyl (C=O) groups is 1. The van der Waals surface area contributed by atoms with Gasteiger partial charge in [0.25, 0.3) is 5.91 Å². The van der Waals surface area contributed by atoms with Crippen LogP contribution in [-0.4, -0.2) is 50.1 Å². The number of rotatable bonds is 3. The second kappa shape index (κ2) is 5.38. The van der Waals surface area contributed by atoms with Gasteiger partial charge in [0.15, 0.2) is 0 Å². The van der Waals surface area contributed by atoms with Crippen LogP contribution < -0.4 is 5.32 Å².